The number of benzene rings is 4. The molecule has 0 amide bonds. The highest BCUT2D eigenvalue weighted by atomic mass is 31.3. The van der Waals surface area contributed by atoms with Gasteiger partial charge in [0.2, 0.25) is 5.58 Å². The van der Waals surface area contributed by atoms with Gasteiger partial charge in [-0.1, -0.05) is 32.8 Å². The van der Waals surface area contributed by atoms with Crippen LogP contribution >= 0.6 is 62.6 Å². The summed E-state index contributed by atoms with van der Waals surface area (Å²) >= 11 is 0. The number of aromatic nitrogens is 12. The number of phosphoric acid groups is 8. The average Bonchev–Trinajstić information content (AvgIpc) is 1.62. The molecule has 4 aliphatic rings. The Morgan fingerprint density at radius 2 is 0.601 bits per heavy atom. The summed E-state index contributed by atoms with van der Waals surface area (Å²) in [5.74, 6) is 1.77. The van der Waals surface area contributed by atoms with Gasteiger partial charge in [-0.05, 0) is 54.6 Å². The monoisotopic (exact) mass is 2260 g/mol. The number of nitrogens with zero attached hydrogens (tertiary/aromatic N) is 12. The highest BCUT2D eigenvalue weighted by molar-refractivity contribution is 7.62. The van der Waals surface area contributed by atoms with Crippen LogP contribution in [0.25, 0.3) is 43.9 Å². The molecule has 68 nitrogen and oxygen atoms in total. The Bertz CT molecular complexity index is 7690. The third-order valence-corrected chi connectivity index (χ3v) is 30.1. The van der Waals surface area contributed by atoms with Gasteiger partial charge in [0.05, 0.1) is 97.2 Å². The first kappa shape index (κ1) is 114. The van der Waals surface area contributed by atoms with E-state index in [0.717, 1.165) is 85.6 Å². The third kappa shape index (κ3) is 27.2. The summed E-state index contributed by atoms with van der Waals surface area (Å²) in [4.78, 5) is 209. The predicted octanol–water partition coefficient (Wildman–Crippen LogP) is -3.79. The SMILES string of the molecule is COc1ccc2c(Cn3c(=O)ccn([C@@H]4O[C@H](COP(=O)(O)OP(=O)(O)O)[C@H](O)C4O)c3=O)noc2c1.COc1ccc2onc(Cn3c(=O)ccn([C@@H]4O[C@H](COP(=O)(O)OP(=O)(O)O)[C@H](O)C4O)c3=O)c2c1.COc1cccc2c(Cn3c(=O)ccn([C@@H]4O[C@H](COP(=O)(O)OP(=O)(O)O)[C@H](O)C4O)c3=O)noc12.COc1cccc2onc(Cn3c(=O)ccn([C@@H]4O[C@H](COP(=O)(O)OP(=O)(O)O)[C@H](O)C4O)c3=O)c12. The van der Waals surface area contributed by atoms with Gasteiger partial charge >= 0.3 is 85.3 Å². The maximum absolute atomic E-state index is 13.2. The average molecular weight is 2260 g/mol. The van der Waals surface area contributed by atoms with Crippen LogP contribution in [0.1, 0.15) is 47.7 Å². The normalized spacial score (nSPS) is 23.8. The van der Waals surface area contributed by atoms with Crippen molar-refractivity contribution < 1.29 is 227 Å². The molecule has 4 aliphatic heterocycles. The van der Waals surface area contributed by atoms with Gasteiger partial charge in [-0.2, -0.15) is 17.2 Å². The van der Waals surface area contributed by atoms with Crippen molar-refractivity contribution in [1.82, 2.24) is 57.2 Å². The van der Waals surface area contributed by atoms with Gasteiger partial charge in [0.25, 0.3) is 22.2 Å². The van der Waals surface area contributed by atoms with Crippen LogP contribution in [0.2, 0.25) is 0 Å². The maximum Gasteiger partial charge on any atom is 0.481 e. The van der Waals surface area contributed by atoms with E-state index in [2.05, 4.69) is 56.0 Å². The van der Waals surface area contributed by atoms with Crippen LogP contribution < -0.4 is 63.9 Å². The molecule has 0 radical (unpaired) electrons. The summed E-state index contributed by atoms with van der Waals surface area (Å²) in [7, 11) is -36.8. The smallest absolute Gasteiger partial charge is 0.481 e. The molecule has 20 N–H and O–H groups in total. The fourth-order valence-electron chi connectivity index (χ4n) is 14.8. The number of fused-ring (bicyclic) bond motifs is 4. The molecule has 808 valence electrons. The molecule has 148 heavy (non-hydrogen) atoms. The van der Waals surface area contributed by atoms with Gasteiger partial charge in [-0.15, -0.1) is 0 Å². The lowest BCUT2D eigenvalue weighted by atomic mass is 10.1. The first-order valence-corrected chi connectivity index (χ1v) is 53.3. The zero-order valence-corrected chi connectivity index (χ0v) is 82.2. The van der Waals surface area contributed by atoms with Crippen LogP contribution in [-0.4, -0.2) is 285 Å². The molecule has 4 aromatic carbocycles. The summed E-state index contributed by atoms with van der Waals surface area (Å²) in [6.07, 6.45) is -22.5. The Kier molecular flexibility index (Phi) is 35.4. The van der Waals surface area contributed by atoms with Gasteiger partial charge < -0.3 is 156 Å². The number of methoxy groups -OCH3 is 4. The third-order valence-electron chi connectivity index (χ3n) is 21.5. The number of rotatable bonds is 36. The largest absolute Gasteiger partial charge is 0.497 e. The van der Waals surface area contributed by atoms with E-state index in [0.29, 0.717) is 66.9 Å². The molecule has 16 rings (SSSR count). The molecule has 4 saturated heterocycles. The summed E-state index contributed by atoms with van der Waals surface area (Å²) in [5.41, 5.74) is -4.42. The van der Waals surface area contributed by atoms with Crippen molar-refractivity contribution in [2.24, 2.45) is 0 Å². The molecule has 0 spiro atoms. The van der Waals surface area contributed by atoms with Crippen LogP contribution in [0, 0.1) is 0 Å². The second-order valence-electron chi connectivity index (χ2n) is 31.2. The fraction of sp³-hybridized carbons (Fsp3) is 0.389. The van der Waals surface area contributed by atoms with Crippen LogP contribution in [0.5, 0.6) is 23.0 Å². The zero-order valence-electron chi connectivity index (χ0n) is 75.0. The molecule has 12 heterocycles. The van der Waals surface area contributed by atoms with Gasteiger partial charge in [0.1, 0.15) is 113 Å². The van der Waals surface area contributed by atoms with Crippen molar-refractivity contribution in [2.75, 3.05) is 54.9 Å². The molecule has 0 aliphatic carbocycles. The fourth-order valence-corrected chi connectivity index (χ4v) is 21.1. The second kappa shape index (κ2) is 45.8. The molecule has 20 atom stereocenters. The Balaban J connectivity index is 0.000000165. The molecule has 76 heteroatoms. The van der Waals surface area contributed by atoms with Gasteiger partial charge in [-0.3, -0.25) is 73.8 Å². The van der Waals surface area contributed by atoms with Crippen LogP contribution in [0.3, 0.4) is 0 Å². The Morgan fingerprint density at radius 3 is 0.953 bits per heavy atom. The Hall–Kier alpha value is -10.8. The highest BCUT2D eigenvalue weighted by Gasteiger charge is 2.51. The topological polar surface area (TPSA) is 969 Å². The van der Waals surface area contributed by atoms with E-state index in [4.69, 9.17) is 95.1 Å². The number of para-hydroxylation sites is 1. The Labute approximate surface area is 817 Å². The number of aliphatic hydroxyl groups excluding tert-OH is 8. The van der Waals surface area contributed by atoms with E-state index >= 15 is 0 Å². The van der Waals surface area contributed by atoms with E-state index in [1.165, 1.54) is 28.4 Å². The summed E-state index contributed by atoms with van der Waals surface area (Å²) in [6.45, 7) is -5.14. The minimum Gasteiger partial charge on any atom is -0.497 e. The first-order chi connectivity index (χ1) is 69.2. The van der Waals surface area contributed by atoms with E-state index in [1.54, 1.807) is 72.8 Å². The minimum absolute atomic E-state index is 0.201. The number of hydrogen-bond donors (Lipinski definition) is 20. The maximum atomic E-state index is 13.2. The van der Waals surface area contributed by atoms with Crippen molar-refractivity contribution in [3.8, 4) is 23.0 Å². The van der Waals surface area contributed by atoms with Crippen molar-refractivity contribution in [1.29, 1.82) is 0 Å². The van der Waals surface area contributed by atoms with E-state index in [-0.39, 0.29) is 49.0 Å². The van der Waals surface area contributed by atoms with Crippen molar-refractivity contribution in [2.45, 2.75) is 124 Å². The molecule has 0 bridgehead atoms. The van der Waals surface area contributed by atoms with Crippen molar-refractivity contribution >= 4 is 106 Å². The Morgan fingerprint density at radius 1 is 0.304 bits per heavy atom. The van der Waals surface area contributed by atoms with E-state index < -0.39 is 232 Å². The standard InChI is InChI=1S/4C18H21N3O14P2/c1-31-9-2-3-12-10(6-9)11(19-34-12)7-21-14(22)4-5-20(18(21)25)17-16(24)15(23)13(33-17)8-32-37(29,30)35-36(26,27)28;1-31-9-2-3-10-11(19-34-12(10)6-9)7-21-14(22)4-5-20(18(21)25)17-16(24)15(23)13(33-17)8-32-37(29,30)35-36(26,27)28;1-31-10-3-2-4-11-14(10)9(19-34-11)7-21-13(22)5-6-20(18(21)25)17-16(24)15(23)12(33-17)8-32-37(29,30)35-36(26,27)28;1-31-11-4-2-3-9-10(19-34-16(9)11)7-21-13(22)5-6-20(18(21)25)17-15(24)14(23)12(33-17)8-32-37(29,30)35-36(26,27)28/h2*2-6,13,15-17,23-24H,7-8H2,1H3,(H,29,30)(H2,26,27,28);2-6,12,15-17,23-24H,7-8H2,1H3,(H,29,30)(H2,26,27,28);2-6,12,14-15,17,23-24H,7-8H2,1H3,(H,29,30)(H2,26,27,28)/t2*13-,15+,16?,17-;12-,15+,16?,17-;12-,14+,15?,17-/m1111/s1. The van der Waals surface area contributed by atoms with Gasteiger partial charge in [-0.25, -0.2) is 55.7 Å². The molecule has 4 fully saturated rings. The molecular weight excluding hydrogens is 2180 g/mol. The molecule has 8 unspecified atom stereocenters. The summed E-state index contributed by atoms with van der Waals surface area (Å²) in [5, 5.41) is 100. The van der Waals surface area contributed by atoms with Gasteiger partial charge in [0, 0.05) is 60.5 Å². The lowest BCUT2D eigenvalue weighted by Gasteiger charge is -2.19. The second-order valence-corrected chi connectivity index (χ2v) is 42.5. The highest BCUT2D eigenvalue weighted by Crippen LogP contribution is 2.61. The van der Waals surface area contributed by atoms with E-state index in [1.807, 2.05) is 0 Å². The predicted molar refractivity (Wildman–Crippen MR) is 478 cm³/mol. The van der Waals surface area contributed by atoms with Crippen LogP contribution in [0.15, 0.2) is 178 Å². The molecule has 12 aromatic rings. The van der Waals surface area contributed by atoms with E-state index in [9.17, 15) is 135 Å². The quantitative estimate of drug-likeness (QED) is 0.0168. The number of hydrogen-bond acceptors (Lipinski definition) is 48. The minimum atomic E-state index is -5.39. The van der Waals surface area contributed by atoms with Crippen molar-refractivity contribution in [3.63, 3.8) is 0 Å². The van der Waals surface area contributed by atoms with Crippen molar-refractivity contribution in [3.05, 3.63) is 228 Å². The van der Waals surface area contributed by atoms with Gasteiger partial charge in [0.15, 0.2) is 47.4 Å². The first-order valence-electron chi connectivity index (χ1n) is 41.2. The molecule has 8 aromatic heterocycles. The summed E-state index contributed by atoms with van der Waals surface area (Å²) < 4.78 is 192. The van der Waals surface area contributed by atoms with Crippen LogP contribution in [0.4, 0.5) is 0 Å². The number of ether oxygens (including phenoxy) is 8. The lowest BCUT2D eigenvalue weighted by molar-refractivity contribution is -0.0548. The summed E-state index contributed by atoms with van der Waals surface area (Å²) in [6, 6.07) is 23.6. The number of aliphatic hydroxyl groups is 8. The molecular formula is C72H84N12O56P8. The molecule has 0 saturated carbocycles. The van der Waals surface area contributed by atoms with Crippen LogP contribution in [-0.2, 0) is 117 Å². The lowest BCUT2D eigenvalue weighted by Crippen LogP contribution is -2.43. The zero-order chi connectivity index (χ0) is 108. The number of phosphoric ester groups is 4.